The van der Waals surface area contributed by atoms with Gasteiger partial charge in [0.1, 0.15) is 0 Å². The molecule has 0 bridgehead atoms. The number of rotatable bonds is 3. The predicted molar refractivity (Wildman–Crippen MR) is 109 cm³/mol. The quantitative estimate of drug-likeness (QED) is 0.651. The highest BCUT2D eigenvalue weighted by atomic mass is 16.5. The Morgan fingerprint density at radius 1 is 1.11 bits per heavy atom. The molecule has 5 nitrogen and oxygen atoms in total. The average molecular weight is 374 g/mol. The molecule has 0 fully saturated rings. The van der Waals surface area contributed by atoms with E-state index in [1.165, 1.54) is 0 Å². The van der Waals surface area contributed by atoms with Gasteiger partial charge in [-0.15, -0.1) is 0 Å². The van der Waals surface area contributed by atoms with Gasteiger partial charge in [0, 0.05) is 17.1 Å². The summed E-state index contributed by atoms with van der Waals surface area (Å²) in [6.07, 6.45) is 0.808. The molecule has 1 aromatic heterocycles. The van der Waals surface area contributed by atoms with E-state index in [1.54, 1.807) is 11.8 Å². The zero-order chi connectivity index (χ0) is 19.8. The van der Waals surface area contributed by atoms with E-state index in [9.17, 15) is 9.59 Å². The maximum Gasteiger partial charge on any atom is 0.340 e. The van der Waals surface area contributed by atoms with Crippen LogP contribution in [-0.4, -0.2) is 29.5 Å². The number of ether oxygens (including phenoxy) is 1. The van der Waals surface area contributed by atoms with Gasteiger partial charge in [-0.05, 0) is 50.5 Å². The number of amides is 1. The molecule has 2 heterocycles. The van der Waals surface area contributed by atoms with E-state index in [0.717, 1.165) is 34.1 Å². The lowest BCUT2D eigenvalue weighted by atomic mass is 10.0. The number of hydrogen-bond acceptors (Lipinski definition) is 4. The summed E-state index contributed by atoms with van der Waals surface area (Å²) in [6, 6.07) is 15.6. The number of anilines is 1. The fraction of sp³-hybridized carbons (Fsp3) is 0.261. The molecule has 0 aliphatic carbocycles. The zero-order valence-corrected chi connectivity index (χ0v) is 16.2. The van der Waals surface area contributed by atoms with Gasteiger partial charge in [0.25, 0.3) is 5.91 Å². The first kappa shape index (κ1) is 18.2. The molecule has 0 spiro atoms. The van der Waals surface area contributed by atoms with Gasteiger partial charge in [0.2, 0.25) is 0 Å². The van der Waals surface area contributed by atoms with Crippen LogP contribution in [0, 0.1) is 13.8 Å². The van der Waals surface area contributed by atoms with Crippen molar-refractivity contribution in [3.05, 3.63) is 70.9 Å². The van der Waals surface area contributed by atoms with Gasteiger partial charge in [-0.25, -0.2) is 4.79 Å². The van der Waals surface area contributed by atoms with Crippen LogP contribution in [0.25, 0.3) is 10.9 Å². The van der Waals surface area contributed by atoms with E-state index in [2.05, 4.69) is 4.98 Å². The second kappa shape index (κ2) is 7.08. The molecule has 0 radical (unpaired) electrons. The van der Waals surface area contributed by atoms with Crippen LogP contribution < -0.4 is 4.90 Å². The van der Waals surface area contributed by atoms with E-state index >= 15 is 0 Å². The highest BCUT2D eigenvalue weighted by molar-refractivity contribution is 6.01. The Kier molecular flexibility index (Phi) is 4.59. The summed E-state index contributed by atoms with van der Waals surface area (Å²) in [4.78, 5) is 31.7. The second-order valence-corrected chi connectivity index (χ2v) is 7.24. The van der Waals surface area contributed by atoms with Crippen molar-refractivity contribution in [2.45, 2.75) is 33.2 Å². The number of esters is 1. The van der Waals surface area contributed by atoms with E-state index in [0.29, 0.717) is 11.3 Å². The lowest BCUT2D eigenvalue weighted by molar-refractivity contribution is -0.122. The Bertz CT molecular complexity index is 1090. The summed E-state index contributed by atoms with van der Waals surface area (Å²) < 4.78 is 5.41. The molecule has 28 heavy (non-hydrogen) atoms. The first-order valence-electron chi connectivity index (χ1n) is 9.40. The van der Waals surface area contributed by atoms with Crippen LogP contribution in [0.1, 0.15) is 34.1 Å². The molecule has 4 rings (SSSR count). The van der Waals surface area contributed by atoms with Crippen LogP contribution >= 0.6 is 0 Å². The standard InChI is InChI=1S/C23H22N2O3/c1-14-12-17-8-4-7-11-20(17)25(14)21(26)13-28-23(27)22-15(2)18-9-5-6-10-19(18)24-16(22)3/h4-11,14H,12-13H2,1-3H3. The van der Waals surface area contributed by atoms with E-state index < -0.39 is 5.97 Å². The Hall–Kier alpha value is -3.21. The number of nitrogens with zero attached hydrogens (tertiary/aromatic N) is 2. The number of pyridine rings is 1. The maximum absolute atomic E-state index is 12.8. The molecule has 5 heteroatoms. The number of carbonyl (C=O) groups excluding carboxylic acids is 2. The van der Waals surface area contributed by atoms with Crippen molar-refractivity contribution >= 4 is 28.5 Å². The summed E-state index contributed by atoms with van der Waals surface area (Å²) >= 11 is 0. The Balaban J connectivity index is 1.54. The topological polar surface area (TPSA) is 59.5 Å². The van der Waals surface area contributed by atoms with Crippen molar-refractivity contribution in [3.8, 4) is 0 Å². The molecule has 1 unspecified atom stereocenters. The molecule has 1 amide bonds. The van der Waals surface area contributed by atoms with Crippen LogP contribution in [0.2, 0.25) is 0 Å². The van der Waals surface area contributed by atoms with Gasteiger partial charge in [-0.2, -0.15) is 0 Å². The molecular formula is C23H22N2O3. The number of para-hydroxylation sites is 2. The summed E-state index contributed by atoms with van der Waals surface area (Å²) in [7, 11) is 0. The van der Waals surface area contributed by atoms with E-state index in [4.69, 9.17) is 4.74 Å². The normalized spacial score (nSPS) is 15.5. The Labute approximate surface area is 163 Å². The van der Waals surface area contributed by atoms with Gasteiger partial charge in [-0.1, -0.05) is 36.4 Å². The number of aryl methyl sites for hydroxylation is 2. The minimum absolute atomic E-state index is 0.0504. The summed E-state index contributed by atoms with van der Waals surface area (Å²) in [6.45, 7) is 5.38. The van der Waals surface area contributed by atoms with Crippen LogP contribution in [0.4, 0.5) is 5.69 Å². The molecule has 1 atom stereocenters. The number of fused-ring (bicyclic) bond motifs is 2. The molecule has 0 saturated carbocycles. The van der Waals surface area contributed by atoms with Crippen molar-refractivity contribution in [2.75, 3.05) is 11.5 Å². The lowest BCUT2D eigenvalue weighted by Crippen LogP contribution is -2.38. The van der Waals surface area contributed by atoms with Gasteiger partial charge >= 0.3 is 5.97 Å². The van der Waals surface area contributed by atoms with Gasteiger partial charge in [0.05, 0.1) is 16.8 Å². The van der Waals surface area contributed by atoms with Gasteiger partial charge in [0.15, 0.2) is 6.61 Å². The minimum atomic E-state index is -0.512. The lowest BCUT2D eigenvalue weighted by Gasteiger charge is -2.22. The molecule has 1 aliphatic heterocycles. The monoisotopic (exact) mass is 374 g/mol. The second-order valence-electron chi connectivity index (χ2n) is 7.24. The first-order valence-corrected chi connectivity index (χ1v) is 9.40. The third kappa shape index (κ3) is 3.03. The molecule has 1 aliphatic rings. The maximum atomic E-state index is 12.8. The number of benzene rings is 2. The van der Waals surface area contributed by atoms with Crippen LogP contribution in [0.3, 0.4) is 0 Å². The first-order chi connectivity index (χ1) is 13.5. The van der Waals surface area contributed by atoms with Gasteiger partial charge in [-0.3, -0.25) is 9.78 Å². The minimum Gasteiger partial charge on any atom is -0.452 e. The average Bonchev–Trinajstić information content (AvgIpc) is 3.02. The van der Waals surface area contributed by atoms with Crippen molar-refractivity contribution in [1.82, 2.24) is 4.98 Å². The fourth-order valence-corrected chi connectivity index (χ4v) is 4.05. The van der Waals surface area contributed by atoms with Crippen molar-refractivity contribution < 1.29 is 14.3 Å². The highest BCUT2D eigenvalue weighted by Gasteiger charge is 2.31. The summed E-state index contributed by atoms with van der Waals surface area (Å²) in [5.74, 6) is -0.725. The Morgan fingerprint density at radius 2 is 1.82 bits per heavy atom. The Morgan fingerprint density at radius 3 is 2.64 bits per heavy atom. The fourth-order valence-electron chi connectivity index (χ4n) is 4.05. The van der Waals surface area contributed by atoms with E-state index in [1.807, 2.05) is 62.4 Å². The zero-order valence-electron chi connectivity index (χ0n) is 16.2. The summed E-state index contributed by atoms with van der Waals surface area (Å²) in [5, 5.41) is 0.911. The number of hydrogen-bond donors (Lipinski definition) is 0. The molecule has 3 aromatic rings. The molecular weight excluding hydrogens is 352 g/mol. The molecule has 142 valence electrons. The number of carbonyl (C=O) groups is 2. The third-order valence-corrected chi connectivity index (χ3v) is 5.34. The molecule has 2 aromatic carbocycles. The molecule has 0 N–H and O–H groups in total. The number of aromatic nitrogens is 1. The van der Waals surface area contributed by atoms with Crippen LogP contribution in [0.5, 0.6) is 0 Å². The van der Waals surface area contributed by atoms with Crippen LogP contribution in [0.15, 0.2) is 48.5 Å². The highest BCUT2D eigenvalue weighted by Crippen LogP contribution is 2.32. The molecule has 0 saturated heterocycles. The smallest absolute Gasteiger partial charge is 0.340 e. The van der Waals surface area contributed by atoms with Crippen LogP contribution in [-0.2, 0) is 16.0 Å². The van der Waals surface area contributed by atoms with E-state index in [-0.39, 0.29) is 18.6 Å². The predicted octanol–water partition coefficient (Wildman–Crippen LogP) is 3.99. The SMILES string of the molecule is Cc1nc2ccccc2c(C)c1C(=O)OCC(=O)N1c2ccccc2CC1C. The van der Waals surface area contributed by atoms with Crippen molar-refractivity contribution in [1.29, 1.82) is 0 Å². The summed E-state index contributed by atoms with van der Waals surface area (Å²) in [5.41, 5.74) is 4.74. The van der Waals surface area contributed by atoms with Gasteiger partial charge < -0.3 is 9.64 Å². The third-order valence-electron chi connectivity index (χ3n) is 5.34. The van der Waals surface area contributed by atoms with Crippen molar-refractivity contribution in [3.63, 3.8) is 0 Å². The van der Waals surface area contributed by atoms with Crippen molar-refractivity contribution in [2.24, 2.45) is 0 Å². The largest absolute Gasteiger partial charge is 0.452 e.